The molecule has 12 nitrogen and oxygen atoms in total. The summed E-state index contributed by atoms with van der Waals surface area (Å²) in [4.78, 5) is 29.7. The highest BCUT2D eigenvalue weighted by Gasteiger charge is 2.39. The first-order chi connectivity index (χ1) is 18.4. The van der Waals surface area contributed by atoms with Crippen molar-refractivity contribution in [3.63, 3.8) is 0 Å². The molecule has 6 rings (SSSR count). The van der Waals surface area contributed by atoms with Gasteiger partial charge in [0.05, 0.1) is 22.6 Å². The Morgan fingerprint density at radius 1 is 1.24 bits per heavy atom. The summed E-state index contributed by atoms with van der Waals surface area (Å²) in [7, 11) is 0. The van der Waals surface area contributed by atoms with Gasteiger partial charge in [0.1, 0.15) is 18.2 Å². The van der Waals surface area contributed by atoms with Gasteiger partial charge in [0.25, 0.3) is 0 Å². The number of pyridine rings is 1. The van der Waals surface area contributed by atoms with Crippen LogP contribution < -0.4 is 20.4 Å². The van der Waals surface area contributed by atoms with Crippen LogP contribution in [0.5, 0.6) is 0 Å². The van der Waals surface area contributed by atoms with Gasteiger partial charge in [-0.3, -0.25) is 9.48 Å². The Bertz CT molecular complexity index is 1310. The molecule has 1 spiro atoms. The topological polar surface area (TPSA) is 134 Å². The Hall–Kier alpha value is -3.51. The maximum absolute atomic E-state index is 11.5. The number of morpholine rings is 1. The maximum Gasteiger partial charge on any atom is 0.246 e. The molecule has 6 heterocycles. The summed E-state index contributed by atoms with van der Waals surface area (Å²) in [6, 6.07) is 4.08. The molecule has 3 aromatic rings. The first-order valence-electron chi connectivity index (χ1n) is 13.5. The van der Waals surface area contributed by atoms with Crippen LogP contribution in [0, 0.1) is 0 Å². The fraction of sp³-hybridized carbons (Fsp3) is 0.577. The lowest BCUT2D eigenvalue weighted by molar-refractivity contribution is -0.146. The third-order valence-electron chi connectivity index (χ3n) is 8.02. The third kappa shape index (κ3) is 4.73. The van der Waals surface area contributed by atoms with E-state index in [1.807, 2.05) is 18.3 Å². The molecule has 0 aliphatic carbocycles. The number of aliphatic hydroxyl groups is 1. The van der Waals surface area contributed by atoms with Gasteiger partial charge in [0.2, 0.25) is 11.9 Å². The summed E-state index contributed by atoms with van der Waals surface area (Å²) in [5.41, 5.74) is 0.716. The van der Waals surface area contributed by atoms with Crippen LogP contribution >= 0.6 is 0 Å². The first kappa shape index (κ1) is 24.8. The van der Waals surface area contributed by atoms with E-state index >= 15 is 0 Å². The van der Waals surface area contributed by atoms with Crippen LogP contribution in [-0.2, 0) is 9.53 Å². The monoisotopic (exact) mass is 521 g/mol. The molecule has 1 unspecified atom stereocenters. The number of aliphatic hydroxyl groups excluding tert-OH is 1. The molecule has 1 amide bonds. The lowest BCUT2D eigenvalue weighted by atomic mass is 9.90. The number of aromatic nitrogens is 5. The smallest absolute Gasteiger partial charge is 0.246 e. The SMILES string of the molecule is CCC(C)n1nc(N2CC[C@@H](O)C2)c2cnc(Nc3ccnc(N4CCC5(CC4)CNC(=O)CO5)n3)cc21. The van der Waals surface area contributed by atoms with Crippen LogP contribution in [-0.4, -0.2) is 86.8 Å². The van der Waals surface area contributed by atoms with Gasteiger partial charge in [0.15, 0.2) is 5.82 Å². The largest absolute Gasteiger partial charge is 0.391 e. The van der Waals surface area contributed by atoms with E-state index in [0.717, 1.165) is 62.0 Å². The van der Waals surface area contributed by atoms with Crippen molar-refractivity contribution in [2.75, 3.05) is 54.4 Å². The molecular weight excluding hydrogens is 486 g/mol. The quantitative estimate of drug-likeness (QED) is 0.442. The molecule has 3 aliphatic heterocycles. The first-order valence-corrected chi connectivity index (χ1v) is 13.5. The Morgan fingerprint density at radius 3 is 2.79 bits per heavy atom. The number of carbonyl (C=O) groups is 1. The molecule has 38 heavy (non-hydrogen) atoms. The second-order valence-electron chi connectivity index (χ2n) is 10.6. The fourth-order valence-electron chi connectivity index (χ4n) is 5.48. The number of piperidine rings is 1. The molecule has 0 aromatic carbocycles. The molecule has 12 heteroatoms. The molecule has 3 aliphatic rings. The van der Waals surface area contributed by atoms with Crippen LogP contribution in [0.2, 0.25) is 0 Å². The highest BCUT2D eigenvalue weighted by molar-refractivity contribution is 5.92. The zero-order valence-corrected chi connectivity index (χ0v) is 21.9. The summed E-state index contributed by atoms with van der Waals surface area (Å²) in [6.45, 7) is 7.89. The van der Waals surface area contributed by atoms with Crippen molar-refractivity contribution in [1.29, 1.82) is 0 Å². The number of fused-ring (bicyclic) bond motifs is 1. The summed E-state index contributed by atoms with van der Waals surface area (Å²) < 4.78 is 7.95. The average Bonchev–Trinajstić information content (AvgIpc) is 3.54. The van der Waals surface area contributed by atoms with Crippen LogP contribution in [0.4, 0.5) is 23.4 Å². The van der Waals surface area contributed by atoms with Crippen molar-refractivity contribution in [3.8, 4) is 0 Å². The number of nitrogens with one attached hydrogen (secondary N) is 2. The van der Waals surface area contributed by atoms with Gasteiger partial charge in [-0.1, -0.05) is 6.92 Å². The van der Waals surface area contributed by atoms with Crippen molar-refractivity contribution in [2.24, 2.45) is 0 Å². The Morgan fingerprint density at radius 2 is 2.08 bits per heavy atom. The minimum atomic E-state index is -0.318. The van der Waals surface area contributed by atoms with E-state index in [1.165, 1.54) is 0 Å². The van der Waals surface area contributed by atoms with Gasteiger partial charge in [-0.05, 0) is 38.7 Å². The minimum absolute atomic E-state index is 0.0507. The Labute approximate surface area is 221 Å². The highest BCUT2D eigenvalue weighted by atomic mass is 16.5. The van der Waals surface area contributed by atoms with Crippen LogP contribution in [0.25, 0.3) is 10.9 Å². The second-order valence-corrected chi connectivity index (χ2v) is 10.6. The number of carbonyl (C=O) groups excluding carboxylic acids is 1. The summed E-state index contributed by atoms with van der Waals surface area (Å²) >= 11 is 0. The van der Waals surface area contributed by atoms with Gasteiger partial charge in [-0.25, -0.2) is 9.97 Å². The Balaban J connectivity index is 1.20. The third-order valence-corrected chi connectivity index (χ3v) is 8.02. The number of rotatable bonds is 6. The van der Waals surface area contributed by atoms with Gasteiger partial charge >= 0.3 is 0 Å². The molecular formula is C26H35N9O3. The predicted molar refractivity (Wildman–Crippen MR) is 144 cm³/mol. The van der Waals surface area contributed by atoms with Gasteiger partial charge in [-0.2, -0.15) is 10.1 Å². The van der Waals surface area contributed by atoms with Crippen molar-refractivity contribution in [1.82, 2.24) is 30.0 Å². The molecule has 2 atom stereocenters. The van der Waals surface area contributed by atoms with E-state index in [2.05, 4.69) is 48.9 Å². The number of nitrogens with zero attached hydrogens (tertiary/aromatic N) is 7. The zero-order chi connectivity index (χ0) is 26.3. The molecule has 3 aromatic heterocycles. The molecule has 202 valence electrons. The van der Waals surface area contributed by atoms with Gasteiger partial charge in [0, 0.05) is 57.2 Å². The van der Waals surface area contributed by atoms with E-state index in [0.29, 0.717) is 30.7 Å². The lowest BCUT2D eigenvalue weighted by Gasteiger charge is -2.43. The average molecular weight is 522 g/mol. The number of hydrogen-bond donors (Lipinski definition) is 3. The molecule has 3 fully saturated rings. The Kier molecular flexibility index (Phi) is 6.52. The van der Waals surface area contributed by atoms with Crippen LogP contribution in [0.3, 0.4) is 0 Å². The van der Waals surface area contributed by atoms with Crippen LogP contribution in [0.1, 0.15) is 45.6 Å². The van der Waals surface area contributed by atoms with Gasteiger partial charge < -0.3 is 30.3 Å². The molecule has 0 radical (unpaired) electrons. The minimum Gasteiger partial charge on any atom is -0.391 e. The van der Waals surface area contributed by atoms with Gasteiger partial charge in [-0.15, -0.1) is 0 Å². The molecule has 3 N–H and O–H groups in total. The van der Waals surface area contributed by atoms with Crippen molar-refractivity contribution in [2.45, 2.75) is 57.3 Å². The number of β-amino-alcohol motifs (C(OH)–C–C–N with tert-alkyl or cyclic N) is 1. The summed E-state index contributed by atoms with van der Waals surface area (Å²) in [5, 5.41) is 22.3. The van der Waals surface area contributed by atoms with Crippen molar-refractivity contribution in [3.05, 3.63) is 24.5 Å². The van der Waals surface area contributed by atoms with E-state index < -0.39 is 0 Å². The predicted octanol–water partition coefficient (Wildman–Crippen LogP) is 1.99. The fourth-order valence-corrected chi connectivity index (χ4v) is 5.48. The van der Waals surface area contributed by atoms with Crippen molar-refractivity contribution < 1.29 is 14.6 Å². The molecule has 0 bridgehead atoms. The zero-order valence-electron chi connectivity index (χ0n) is 21.9. The standard InChI is InChI=1S/C26H35N9O3/c1-3-17(2)35-20-12-22(28-13-19(20)24(32-35)34-9-5-18(36)14-34)30-21-4-8-27-25(31-21)33-10-6-26(7-11-33)16-29-23(37)15-38-26/h4,8,12-13,17-18,36H,3,5-7,9-11,14-16H2,1-2H3,(H,29,37)(H,27,28,30,31)/t17?,18-/m1/s1. The lowest BCUT2D eigenvalue weighted by Crippen LogP contribution is -2.57. The number of amides is 1. The van der Waals surface area contributed by atoms with E-state index in [1.54, 1.807) is 6.20 Å². The van der Waals surface area contributed by atoms with E-state index in [-0.39, 0.29) is 30.3 Å². The molecule has 0 saturated carbocycles. The normalized spacial score (nSPS) is 22.2. The summed E-state index contributed by atoms with van der Waals surface area (Å²) in [5.74, 6) is 2.84. The highest BCUT2D eigenvalue weighted by Crippen LogP contribution is 2.33. The maximum atomic E-state index is 11.5. The number of anilines is 4. The molecule has 3 saturated heterocycles. The van der Waals surface area contributed by atoms with Crippen LogP contribution in [0.15, 0.2) is 24.5 Å². The van der Waals surface area contributed by atoms with E-state index in [4.69, 9.17) is 14.8 Å². The number of hydrogen-bond acceptors (Lipinski definition) is 10. The number of ether oxygens (including phenoxy) is 1. The van der Waals surface area contributed by atoms with Crippen molar-refractivity contribution >= 4 is 40.2 Å². The summed E-state index contributed by atoms with van der Waals surface area (Å²) in [6.07, 6.45) is 6.62. The van der Waals surface area contributed by atoms with E-state index in [9.17, 15) is 9.90 Å². The second kappa shape index (κ2) is 9.99.